The molecular formula is C13H14ClN3O3S3. The molecule has 3 heterocycles. The molecule has 0 saturated carbocycles. The van der Waals surface area contributed by atoms with Crippen LogP contribution in [0, 0.1) is 0 Å². The van der Waals surface area contributed by atoms with E-state index in [0.29, 0.717) is 28.9 Å². The summed E-state index contributed by atoms with van der Waals surface area (Å²) in [6, 6.07) is 3.01. The molecule has 10 heteroatoms. The van der Waals surface area contributed by atoms with Crippen molar-refractivity contribution in [2.24, 2.45) is 0 Å². The SMILES string of the molecule is CS(=O)(=O)N1CCC[C@@H]1C(=O)Nc1nc(-c2ccc(Cl)s2)cs1. The molecule has 23 heavy (non-hydrogen) atoms. The predicted molar refractivity (Wildman–Crippen MR) is 93.6 cm³/mol. The Labute approximate surface area is 147 Å². The topological polar surface area (TPSA) is 79.4 Å². The minimum absolute atomic E-state index is 0.335. The van der Waals surface area contributed by atoms with Gasteiger partial charge >= 0.3 is 0 Å². The number of hydrogen-bond acceptors (Lipinski definition) is 6. The molecule has 1 aliphatic rings. The summed E-state index contributed by atoms with van der Waals surface area (Å²) in [7, 11) is -3.38. The van der Waals surface area contributed by atoms with E-state index in [1.165, 1.54) is 27.0 Å². The third kappa shape index (κ3) is 3.74. The summed E-state index contributed by atoms with van der Waals surface area (Å²) in [6.07, 6.45) is 2.33. The van der Waals surface area contributed by atoms with Gasteiger partial charge in [-0.05, 0) is 25.0 Å². The average Bonchev–Trinajstić information content (AvgIpc) is 3.15. The molecule has 1 aliphatic heterocycles. The molecule has 1 N–H and O–H groups in total. The number of carbonyl (C=O) groups excluding carboxylic acids is 1. The number of hydrogen-bond donors (Lipinski definition) is 1. The number of thiazole rings is 1. The number of sulfonamides is 1. The standard InChI is InChI=1S/C13H14ClN3O3S3/c1-23(19,20)17-6-2-3-9(17)12(18)16-13-15-8(7-21-13)10-4-5-11(14)22-10/h4-5,7,9H,2-3,6H2,1H3,(H,15,16,18)/t9-/m1/s1. The normalized spacial score (nSPS) is 19.1. The summed E-state index contributed by atoms with van der Waals surface area (Å²) < 4.78 is 25.3. The van der Waals surface area contributed by atoms with Crippen LogP contribution in [0.25, 0.3) is 10.6 Å². The van der Waals surface area contributed by atoms with Gasteiger partial charge in [-0.15, -0.1) is 22.7 Å². The molecule has 6 nitrogen and oxygen atoms in total. The van der Waals surface area contributed by atoms with Crippen molar-refractivity contribution in [2.75, 3.05) is 18.1 Å². The molecule has 0 radical (unpaired) electrons. The van der Waals surface area contributed by atoms with Crippen molar-refractivity contribution in [3.8, 4) is 10.6 Å². The second-order valence-corrected chi connectivity index (χ2v) is 9.67. The Kier molecular flexibility index (Phi) is 4.75. The fourth-order valence-electron chi connectivity index (χ4n) is 2.48. The Balaban J connectivity index is 1.72. The fourth-order valence-corrected chi connectivity index (χ4v) is 5.40. The van der Waals surface area contributed by atoms with Crippen LogP contribution in [0.4, 0.5) is 5.13 Å². The van der Waals surface area contributed by atoms with Gasteiger partial charge in [0.2, 0.25) is 15.9 Å². The minimum atomic E-state index is -3.38. The Morgan fingerprint density at radius 2 is 2.26 bits per heavy atom. The lowest BCUT2D eigenvalue weighted by Crippen LogP contribution is -2.42. The zero-order chi connectivity index (χ0) is 16.6. The van der Waals surface area contributed by atoms with Crippen molar-refractivity contribution in [3.63, 3.8) is 0 Å². The summed E-state index contributed by atoms with van der Waals surface area (Å²) in [4.78, 5) is 17.6. The maximum Gasteiger partial charge on any atom is 0.244 e. The Bertz CT molecular complexity index is 830. The zero-order valence-corrected chi connectivity index (χ0v) is 15.4. The van der Waals surface area contributed by atoms with E-state index in [1.54, 1.807) is 6.07 Å². The number of aromatic nitrogens is 1. The summed E-state index contributed by atoms with van der Waals surface area (Å²) in [5.74, 6) is -0.335. The number of nitrogens with zero attached hydrogens (tertiary/aromatic N) is 2. The Hall–Kier alpha value is -1.000. The molecule has 0 unspecified atom stereocenters. The van der Waals surface area contributed by atoms with Crippen LogP contribution in [0.5, 0.6) is 0 Å². The highest BCUT2D eigenvalue weighted by Crippen LogP contribution is 2.33. The second kappa shape index (κ2) is 6.48. The lowest BCUT2D eigenvalue weighted by atomic mass is 10.2. The van der Waals surface area contributed by atoms with Crippen molar-refractivity contribution in [2.45, 2.75) is 18.9 Å². The van der Waals surface area contributed by atoms with Gasteiger partial charge < -0.3 is 5.32 Å². The monoisotopic (exact) mass is 391 g/mol. The summed E-state index contributed by atoms with van der Waals surface area (Å²) in [6.45, 7) is 0.383. The predicted octanol–water partition coefficient (Wildman–Crippen LogP) is 2.89. The van der Waals surface area contributed by atoms with Crippen molar-refractivity contribution in [3.05, 3.63) is 21.8 Å². The van der Waals surface area contributed by atoms with Crippen LogP contribution in [0.15, 0.2) is 17.5 Å². The molecule has 1 amide bonds. The molecular weight excluding hydrogens is 378 g/mol. The number of amides is 1. The molecule has 1 atom stereocenters. The summed E-state index contributed by atoms with van der Waals surface area (Å²) >= 11 is 8.62. The maximum absolute atomic E-state index is 12.4. The molecule has 124 valence electrons. The van der Waals surface area contributed by atoms with E-state index in [2.05, 4.69) is 10.3 Å². The van der Waals surface area contributed by atoms with Gasteiger partial charge in [0, 0.05) is 11.9 Å². The van der Waals surface area contributed by atoms with Crippen molar-refractivity contribution in [1.82, 2.24) is 9.29 Å². The molecule has 1 fully saturated rings. The third-order valence-corrected chi connectivity index (χ3v) is 6.79. The van der Waals surface area contributed by atoms with Crippen LogP contribution in [0.2, 0.25) is 4.34 Å². The summed E-state index contributed by atoms with van der Waals surface area (Å²) in [5.41, 5.74) is 0.744. The van der Waals surface area contributed by atoms with Crippen molar-refractivity contribution in [1.29, 1.82) is 0 Å². The van der Waals surface area contributed by atoms with Gasteiger partial charge in [0.15, 0.2) is 5.13 Å². The van der Waals surface area contributed by atoms with Crippen molar-refractivity contribution >= 4 is 55.3 Å². The highest BCUT2D eigenvalue weighted by molar-refractivity contribution is 7.88. The fraction of sp³-hybridized carbons (Fsp3) is 0.385. The molecule has 3 rings (SSSR count). The van der Waals surface area contributed by atoms with E-state index < -0.39 is 16.1 Å². The van der Waals surface area contributed by atoms with Gasteiger partial charge in [-0.25, -0.2) is 13.4 Å². The Morgan fingerprint density at radius 1 is 1.48 bits per heavy atom. The second-order valence-electron chi connectivity index (χ2n) is 5.16. The molecule has 0 aliphatic carbocycles. The van der Waals surface area contributed by atoms with E-state index in [-0.39, 0.29) is 5.91 Å². The van der Waals surface area contributed by atoms with Gasteiger partial charge in [0.05, 0.1) is 21.2 Å². The number of thiophene rings is 1. The molecule has 2 aromatic rings. The molecule has 0 spiro atoms. The minimum Gasteiger partial charge on any atom is -0.301 e. The highest BCUT2D eigenvalue weighted by Gasteiger charge is 2.36. The van der Waals surface area contributed by atoms with Crippen LogP contribution in [-0.2, 0) is 14.8 Å². The smallest absolute Gasteiger partial charge is 0.244 e. The van der Waals surface area contributed by atoms with Crippen LogP contribution < -0.4 is 5.32 Å². The van der Waals surface area contributed by atoms with Crippen molar-refractivity contribution < 1.29 is 13.2 Å². The first-order valence-electron chi connectivity index (χ1n) is 6.83. The van der Waals surface area contributed by atoms with E-state index in [4.69, 9.17) is 11.6 Å². The van der Waals surface area contributed by atoms with Crippen LogP contribution in [0.3, 0.4) is 0 Å². The number of rotatable bonds is 4. The molecule has 1 saturated heterocycles. The highest BCUT2D eigenvalue weighted by atomic mass is 35.5. The number of carbonyl (C=O) groups is 1. The van der Waals surface area contributed by atoms with E-state index in [0.717, 1.165) is 16.8 Å². The molecule has 2 aromatic heterocycles. The van der Waals surface area contributed by atoms with Crippen LogP contribution in [0.1, 0.15) is 12.8 Å². The van der Waals surface area contributed by atoms with E-state index in [1.807, 2.05) is 11.4 Å². The van der Waals surface area contributed by atoms with Gasteiger partial charge in [-0.1, -0.05) is 11.6 Å². The average molecular weight is 392 g/mol. The number of anilines is 1. The summed E-state index contributed by atoms with van der Waals surface area (Å²) in [5, 5.41) is 5.00. The first-order valence-corrected chi connectivity index (χ1v) is 10.8. The Morgan fingerprint density at radius 3 is 2.91 bits per heavy atom. The van der Waals surface area contributed by atoms with Crippen LogP contribution >= 0.6 is 34.3 Å². The van der Waals surface area contributed by atoms with Gasteiger partial charge in [-0.3, -0.25) is 4.79 Å². The molecule has 0 bridgehead atoms. The number of nitrogens with one attached hydrogen (secondary N) is 1. The zero-order valence-electron chi connectivity index (χ0n) is 12.2. The quantitative estimate of drug-likeness (QED) is 0.869. The first kappa shape index (κ1) is 16.8. The van der Waals surface area contributed by atoms with Gasteiger partial charge in [-0.2, -0.15) is 4.31 Å². The lowest BCUT2D eigenvalue weighted by Gasteiger charge is -2.20. The largest absolute Gasteiger partial charge is 0.301 e. The first-order chi connectivity index (χ1) is 10.8. The van der Waals surface area contributed by atoms with Crippen LogP contribution in [-0.4, -0.2) is 42.5 Å². The molecule has 0 aromatic carbocycles. The lowest BCUT2D eigenvalue weighted by molar-refractivity contribution is -0.119. The number of halogens is 1. The van der Waals surface area contributed by atoms with E-state index >= 15 is 0 Å². The van der Waals surface area contributed by atoms with Gasteiger partial charge in [0.25, 0.3) is 0 Å². The van der Waals surface area contributed by atoms with E-state index in [9.17, 15) is 13.2 Å². The third-order valence-electron chi connectivity index (χ3n) is 3.49. The van der Waals surface area contributed by atoms with Gasteiger partial charge in [0.1, 0.15) is 6.04 Å². The maximum atomic E-state index is 12.4.